The minimum Gasteiger partial charge on any atom is -0.478 e. The van der Waals surface area contributed by atoms with Crippen molar-refractivity contribution in [1.82, 2.24) is 0 Å². The molecule has 0 atom stereocenters. The maximum absolute atomic E-state index is 11.5. The fourth-order valence-electron chi connectivity index (χ4n) is 10.3. The van der Waals surface area contributed by atoms with Crippen LogP contribution in [0, 0.1) is 39.6 Å². The van der Waals surface area contributed by atoms with Crippen LogP contribution in [0.15, 0.2) is 127 Å². The Morgan fingerprint density at radius 1 is 0.469 bits per heavy atom. The van der Waals surface area contributed by atoms with Gasteiger partial charge >= 0.3 is 17.9 Å². The van der Waals surface area contributed by atoms with Gasteiger partial charge in [0, 0.05) is 86.2 Å². The van der Waals surface area contributed by atoms with E-state index in [1.165, 1.54) is 64.5 Å². The summed E-state index contributed by atoms with van der Waals surface area (Å²) in [5.74, 6) is 13.7. The molecule has 0 aromatic heterocycles. The number of methoxy groups -OCH3 is 2. The normalized spacial score (nSPS) is 14.9. The summed E-state index contributed by atoms with van der Waals surface area (Å²) in [6.45, 7) is 30.8. The Hall–Kier alpha value is -7.46. The second kappa shape index (κ2) is 27.3. The molecular formula is C71H80IN3O6. The van der Waals surface area contributed by atoms with E-state index in [1.807, 2.05) is 12.1 Å². The first-order valence-electron chi connectivity index (χ1n) is 27.9. The number of carbonyl (C=O) groups excluding carboxylic acids is 2. The van der Waals surface area contributed by atoms with Gasteiger partial charge in [-0.15, -0.1) is 6.42 Å². The largest absolute Gasteiger partial charge is 0.478 e. The molecule has 6 aromatic carbocycles. The Bertz CT molecular complexity index is 3360. The van der Waals surface area contributed by atoms with Gasteiger partial charge in [-0.3, -0.25) is 0 Å². The Kier molecular flexibility index (Phi) is 21.2. The molecule has 422 valence electrons. The van der Waals surface area contributed by atoms with Gasteiger partial charge in [0.15, 0.2) is 0 Å². The number of hydrogen-bond acceptors (Lipinski definition) is 8. The molecule has 0 spiro atoms. The van der Waals surface area contributed by atoms with Crippen LogP contribution in [0.4, 0.5) is 17.1 Å². The number of benzene rings is 6. The van der Waals surface area contributed by atoms with Crippen LogP contribution in [-0.2, 0) is 25.7 Å². The highest BCUT2D eigenvalue weighted by Crippen LogP contribution is 2.43. The topological polar surface area (TPSA) is 99.6 Å². The zero-order valence-electron chi connectivity index (χ0n) is 49.9. The lowest BCUT2D eigenvalue weighted by Crippen LogP contribution is -2.41. The van der Waals surface area contributed by atoms with Crippen molar-refractivity contribution in [2.45, 2.75) is 137 Å². The van der Waals surface area contributed by atoms with Gasteiger partial charge in [0.2, 0.25) is 0 Å². The minimum atomic E-state index is -0.920. The van der Waals surface area contributed by atoms with E-state index in [0.29, 0.717) is 34.7 Å². The van der Waals surface area contributed by atoms with Gasteiger partial charge in [0.1, 0.15) is 0 Å². The fraction of sp³-hybridized carbons (Fsp3) is 0.366. The van der Waals surface area contributed by atoms with E-state index < -0.39 is 5.97 Å². The average molecular weight is 1200 g/mol. The number of terminal acetylenes is 1. The van der Waals surface area contributed by atoms with Crippen LogP contribution in [0.3, 0.4) is 0 Å². The van der Waals surface area contributed by atoms with Crippen LogP contribution in [0.5, 0.6) is 0 Å². The number of hydrogen-bond donors (Lipinski definition) is 1. The third-order valence-electron chi connectivity index (χ3n) is 15.5. The van der Waals surface area contributed by atoms with Gasteiger partial charge in [-0.05, 0) is 244 Å². The number of carbonyl (C=O) groups is 3. The van der Waals surface area contributed by atoms with Crippen molar-refractivity contribution < 1.29 is 29.0 Å². The lowest BCUT2D eigenvalue weighted by atomic mass is 9.77. The molecule has 0 fully saturated rings. The van der Waals surface area contributed by atoms with Gasteiger partial charge in [0.25, 0.3) is 0 Å². The third kappa shape index (κ3) is 16.1. The number of anilines is 3. The highest BCUT2D eigenvalue weighted by atomic mass is 127. The van der Waals surface area contributed by atoms with Gasteiger partial charge in [-0.1, -0.05) is 71.1 Å². The molecule has 3 aliphatic rings. The Morgan fingerprint density at radius 2 is 0.765 bits per heavy atom. The molecule has 6 aromatic rings. The van der Waals surface area contributed by atoms with Crippen LogP contribution in [0.2, 0.25) is 0 Å². The van der Waals surface area contributed by atoms with Gasteiger partial charge in [-0.25, -0.2) is 14.4 Å². The molecule has 1 N–H and O–H groups in total. The van der Waals surface area contributed by atoms with Crippen LogP contribution >= 0.6 is 22.6 Å². The summed E-state index contributed by atoms with van der Waals surface area (Å²) in [5.41, 5.74) is 14.7. The Balaban J connectivity index is 0.000000182. The van der Waals surface area contributed by atoms with Crippen LogP contribution in [-0.4, -0.2) is 75.0 Å². The third-order valence-corrected chi connectivity index (χ3v) is 16.2. The maximum atomic E-state index is 11.5. The molecule has 10 heteroatoms. The smallest absolute Gasteiger partial charge is 0.337 e. The highest BCUT2D eigenvalue weighted by Gasteiger charge is 2.34. The van der Waals surface area contributed by atoms with Crippen molar-refractivity contribution in [2.24, 2.45) is 0 Å². The van der Waals surface area contributed by atoms with E-state index in [2.05, 4.69) is 209 Å². The molecule has 0 amide bonds. The summed E-state index contributed by atoms with van der Waals surface area (Å²) in [4.78, 5) is 40.8. The molecule has 0 saturated carbocycles. The highest BCUT2D eigenvalue weighted by molar-refractivity contribution is 14.1. The Morgan fingerprint density at radius 3 is 1.09 bits per heavy atom. The maximum Gasteiger partial charge on any atom is 0.337 e. The van der Waals surface area contributed by atoms with Gasteiger partial charge in [-0.2, -0.15) is 0 Å². The molecule has 0 aliphatic carbocycles. The summed E-state index contributed by atoms with van der Waals surface area (Å²) in [6.07, 6.45) is 8.66. The van der Waals surface area contributed by atoms with Crippen molar-refractivity contribution in [2.75, 3.05) is 48.6 Å². The molecule has 0 bridgehead atoms. The number of halogens is 1. The van der Waals surface area contributed by atoms with Crippen LogP contribution in [0.25, 0.3) is 0 Å². The van der Waals surface area contributed by atoms with Gasteiger partial charge < -0.3 is 29.3 Å². The number of ether oxygens (including phenoxy) is 2. The predicted octanol–water partition coefficient (Wildman–Crippen LogP) is 15.1. The number of aromatic carboxylic acids is 1. The summed E-state index contributed by atoms with van der Waals surface area (Å²) >= 11 is 2.41. The number of rotatable bonds is 6. The van der Waals surface area contributed by atoms with Crippen LogP contribution in [0.1, 0.15) is 178 Å². The van der Waals surface area contributed by atoms with E-state index in [9.17, 15) is 14.4 Å². The summed E-state index contributed by atoms with van der Waals surface area (Å²) < 4.78 is 10.6. The van der Waals surface area contributed by atoms with Crippen molar-refractivity contribution >= 4 is 57.6 Å². The first-order chi connectivity index (χ1) is 38.3. The number of carboxylic acids is 1. The lowest BCUT2D eigenvalue weighted by molar-refractivity contribution is 0.0592. The zero-order chi connectivity index (χ0) is 59.4. The molecule has 9 nitrogen and oxygen atoms in total. The first-order valence-corrected chi connectivity index (χ1v) is 29.0. The first kappa shape index (κ1) is 62.7. The summed E-state index contributed by atoms with van der Waals surface area (Å²) in [6, 6.07) is 42.0. The average Bonchev–Trinajstić information content (AvgIpc) is 3.47. The summed E-state index contributed by atoms with van der Waals surface area (Å²) in [5, 5.41) is 8.97. The van der Waals surface area contributed by atoms with E-state index >= 15 is 0 Å². The van der Waals surface area contributed by atoms with Crippen molar-refractivity contribution in [3.63, 3.8) is 0 Å². The molecule has 0 radical (unpaired) electrons. The number of carboxylic acid groups (broad SMARTS) is 1. The quantitative estimate of drug-likeness (QED) is 0.0993. The molecule has 0 saturated heterocycles. The molecular weight excluding hydrogens is 1120 g/mol. The second-order valence-electron chi connectivity index (χ2n) is 23.6. The molecule has 81 heavy (non-hydrogen) atoms. The van der Waals surface area contributed by atoms with E-state index in [4.69, 9.17) is 16.3 Å². The Labute approximate surface area is 497 Å². The number of nitrogens with zero attached hydrogens (tertiary/aromatic N) is 3. The fourth-order valence-corrected chi connectivity index (χ4v) is 10.8. The second-order valence-corrected chi connectivity index (χ2v) is 24.8. The van der Waals surface area contributed by atoms with Crippen molar-refractivity contribution in [3.05, 3.63) is 192 Å². The van der Waals surface area contributed by atoms with Crippen LogP contribution < -0.4 is 14.7 Å². The standard InChI is InChI=1S/C24H27NO2.C23H25NO2.C14H20IN.C10H8O2/c1-17(2)25-15-14-24(3,4)21-16-19(10-13-22(21)25)7-6-18-8-11-20(12-9-18)23(26)27-5;1-16(2)24-14-13-23(3,4)20-15-18(9-12-21(20)24)6-5-17-7-10-19(11-8-17)22(25)26;1-10(2)16-8-7-14(3,4)12-9-11(15)5-6-13(12)16;1-3-8-4-6-9(7-5-8)10(11)12-2/h8-13,16-17H,14-15H2,1-5H3;7-12,15-16H,13-14H2,1-4H3,(H,25,26);5-6,9-10H,7-8H2,1-4H3;1,4-7H,2H3. The number of fused-ring (bicyclic) bond motifs is 3. The minimum absolute atomic E-state index is 0.140. The van der Waals surface area contributed by atoms with E-state index in [0.717, 1.165) is 53.7 Å². The van der Waals surface area contributed by atoms with Crippen molar-refractivity contribution in [3.8, 4) is 36.0 Å². The summed E-state index contributed by atoms with van der Waals surface area (Å²) in [7, 11) is 2.73. The van der Waals surface area contributed by atoms with E-state index in [1.54, 1.807) is 60.7 Å². The van der Waals surface area contributed by atoms with E-state index in [-0.39, 0.29) is 28.3 Å². The zero-order valence-corrected chi connectivity index (χ0v) is 52.0. The monoisotopic (exact) mass is 1200 g/mol. The predicted molar refractivity (Wildman–Crippen MR) is 341 cm³/mol. The molecule has 0 unspecified atom stereocenters. The molecule has 3 aliphatic heterocycles. The SMILES string of the molecule is C#Cc1ccc(C(=O)OC)cc1.CC(C)N1CCC(C)(C)c2cc(C#Cc3ccc(C(=O)O)cc3)ccc21.CC(C)N1CCC(C)(C)c2cc(I)ccc21.COC(=O)c1ccc(C#Cc2ccc3c(c2)C(C)(C)CCN3C(C)C)cc1. The molecule has 3 heterocycles. The molecule has 9 rings (SSSR count). The van der Waals surface area contributed by atoms with Gasteiger partial charge in [0.05, 0.1) is 30.9 Å². The van der Waals surface area contributed by atoms with Crippen molar-refractivity contribution in [1.29, 1.82) is 0 Å². The lowest BCUT2D eigenvalue weighted by Gasteiger charge is -2.42. The number of esters is 2.